The first-order valence-corrected chi connectivity index (χ1v) is 7.25. The molecule has 0 heterocycles. The smallest absolute Gasteiger partial charge is 0.147 e. The van der Waals surface area contributed by atoms with Crippen LogP contribution in [-0.4, -0.2) is 28.9 Å². The third-order valence-corrected chi connectivity index (χ3v) is 6.41. The van der Waals surface area contributed by atoms with Gasteiger partial charge in [0.1, 0.15) is 11.9 Å². The minimum Gasteiger partial charge on any atom is -0.396 e. The molecule has 108 valence electrons. The third-order valence-electron chi connectivity index (χ3n) is 6.41. The SMILES string of the molecule is C[C@@]1(CO)C[C@H]2C[C@@]3(C)C(=O)[C@](C)(C[C@@H]3OO)[C@H]2C1. The minimum absolute atomic E-state index is 0.0466. The Morgan fingerprint density at radius 3 is 2.42 bits per heavy atom. The number of rotatable bonds is 2. The van der Waals surface area contributed by atoms with Gasteiger partial charge in [-0.05, 0) is 49.9 Å². The van der Waals surface area contributed by atoms with Gasteiger partial charge in [-0.25, -0.2) is 4.89 Å². The Kier molecular flexibility index (Phi) is 2.71. The van der Waals surface area contributed by atoms with Crippen molar-refractivity contribution < 1.29 is 20.0 Å². The Balaban J connectivity index is 1.99. The Bertz CT molecular complexity index is 422. The summed E-state index contributed by atoms with van der Waals surface area (Å²) >= 11 is 0. The standard InChI is InChI=1S/C15H24O4/c1-13(8-16)4-9-5-15(3)11(19-18)7-14(2,12(15)17)10(9)6-13/h9-11,16,18H,4-8H2,1-3H3/t9-,10-,11-,13+,14+,15+/m0/s1. The fraction of sp³-hybridized carbons (Fsp3) is 0.933. The first kappa shape index (κ1) is 13.5. The molecule has 3 rings (SSSR count). The number of aliphatic hydroxyl groups excluding tert-OH is 1. The molecule has 3 aliphatic carbocycles. The fourth-order valence-corrected chi connectivity index (χ4v) is 5.39. The van der Waals surface area contributed by atoms with Crippen LogP contribution in [0, 0.1) is 28.1 Å². The van der Waals surface area contributed by atoms with E-state index in [2.05, 4.69) is 11.8 Å². The molecule has 0 radical (unpaired) electrons. The van der Waals surface area contributed by atoms with Gasteiger partial charge in [0.25, 0.3) is 0 Å². The van der Waals surface area contributed by atoms with Crippen molar-refractivity contribution in [2.75, 3.05) is 6.61 Å². The number of hydrogen-bond donors (Lipinski definition) is 2. The molecule has 0 spiro atoms. The number of carbonyl (C=O) groups is 1. The Hall–Kier alpha value is -0.450. The van der Waals surface area contributed by atoms with E-state index in [1.165, 1.54) is 0 Å². The second kappa shape index (κ2) is 3.80. The number of carbonyl (C=O) groups excluding carboxylic acids is 1. The summed E-state index contributed by atoms with van der Waals surface area (Å²) < 4.78 is 0. The van der Waals surface area contributed by atoms with Crippen molar-refractivity contribution in [1.29, 1.82) is 0 Å². The lowest BCUT2D eigenvalue weighted by Crippen LogP contribution is -2.47. The minimum atomic E-state index is -0.550. The molecule has 19 heavy (non-hydrogen) atoms. The molecule has 3 fully saturated rings. The van der Waals surface area contributed by atoms with E-state index < -0.39 is 10.8 Å². The Morgan fingerprint density at radius 2 is 1.84 bits per heavy atom. The van der Waals surface area contributed by atoms with Gasteiger partial charge in [0.2, 0.25) is 0 Å². The molecule has 4 nitrogen and oxygen atoms in total. The quantitative estimate of drug-likeness (QED) is 0.595. The van der Waals surface area contributed by atoms with Gasteiger partial charge in [0.15, 0.2) is 0 Å². The second-order valence-corrected chi connectivity index (χ2v) is 7.91. The molecule has 4 heteroatoms. The van der Waals surface area contributed by atoms with E-state index in [9.17, 15) is 9.90 Å². The second-order valence-electron chi connectivity index (χ2n) is 7.91. The summed E-state index contributed by atoms with van der Waals surface area (Å²) in [7, 11) is 0. The summed E-state index contributed by atoms with van der Waals surface area (Å²) in [6, 6.07) is 0. The van der Waals surface area contributed by atoms with Gasteiger partial charge in [0, 0.05) is 12.0 Å². The highest BCUT2D eigenvalue weighted by atomic mass is 17.1. The average molecular weight is 268 g/mol. The number of fused-ring (bicyclic) bond motifs is 4. The maximum atomic E-state index is 12.8. The van der Waals surface area contributed by atoms with E-state index >= 15 is 0 Å². The summed E-state index contributed by atoms with van der Waals surface area (Å²) in [5.74, 6) is 1.04. The van der Waals surface area contributed by atoms with Crippen molar-refractivity contribution in [3.05, 3.63) is 0 Å². The topological polar surface area (TPSA) is 66.8 Å². The summed E-state index contributed by atoms with van der Waals surface area (Å²) in [5.41, 5.74) is -0.988. The number of ketones is 1. The van der Waals surface area contributed by atoms with Crippen LogP contribution >= 0.6 is 0 Å². The van der Waals surface area contributed by atoms with E-state index in [4.69, 9.17) is 5.26 Å². The van der Waals surface area contributed by atoms with Gasteiger partial charge < -0.3 is 5.11 Å². The van der Waals surface area contributed by atoms with Crippen molar-refractivity contribution in [3.8, 4) is 0 Å². The predicted octanol–water partition coefficient (Wildman–Crippen LogP) is 2.26. The zero-order chi connectivity index (χ0) is 14.1. The van der Waals surface area contributed by atoms with Gasteiger partial charge >= 0.3 is 0 Å². The predicted molar refractivity (Wildman–Crippen MR) is 69.4 cm³/mol. The molecule has 3 aliphatic rings. The van der Waals surface area contributed by atoms with Crippen molar-refractivity contribution in [1.82, 2.24) is 0 Å². The highest BCUT2D eigenvalue weighted by molar-refractivity contribution is 5.94. The van der Waals surface area contributed by atoms with Crippen LogP contribution in [0.2, 0.25) is 0 Å². The van der Waals surface area contributed by atoms with Crippen molar-refractivity contribution in [2.45, 2.75) is 52.6 Å². The van der Waals surface area contributed by atoms with Crippen LogP contribution in [0.5, 0.6) is 0 Å². The molecular weight excluding hydrogens is 244 g/mol. The largest absolute Gasteiger partial charge is 0.396 e. The fourth-order valence-electron chi connectivity index (χ4n) is 5.39. The monoisotopic (exact) mass is 268 g/mol. The van der Waals surface area contributed by atoms with Gasteiger partial charge in [-0.2, -0.15) is 0 Å². The van der Waals surface area contributed by atoms with Crippen LogP contribution in [0.15, 0.2) is 0 Å². The maximum absolute atomic E-state index is 12.8. The van der Waals surface area contributed by atoms with Crippen molar-refractivity contribution >= 4 is 5.78 Å². The third kappa shape index (κ3) is 1.54. The number of aliphatic hydroxyl groups is 1. The lowest BCUT2D eigenvalue weighted by Gasteiger charge is -2.42. The number of Topliss-reactive ketones (excluding diaryl/α,β-unsaturated/α-hetero) is 1. The van der Waals surface area contributed by atoms with E-state index in [0.29, 0.717) is 18.3 Å². The van der Waals surface area contributed by atoms with Crippen LogP contribution in [-0.2, 0) is 9.68 Å². The van der Waals surface area contributed by atoms with E-state index in [1.54, 1.807) is 0 Å². The molecule has 2 N–H and O–H groups in total. The van der Waals surface area contributed by atoms with Gasteiger partial charge in [-0.3, -0.25) is 10.1 Å². The highest BCUT2D eigenvalue weighted by Crippen LogP contribution is 2.67. The molecule has 0 amide bonds. The molecule has 0 aromatic heterocycles. The van der Waals surface area contributed by atoms with Gasteiger partial charge in [-0.15, -0.1) is 0 Å². The molecule has 0 aliphatic heterocycles. The van der Waals surface area contributed by atoms with E-state index in [0.717, 1.165) is 19.3 Å². The van der Waals surface area contributed by atoms with Crippen LogP contribution in [0.1, 0.15) is 46.5 Å². The molecule has 0 aromatic carbocycles. The van der Waals surface area contributed by atoms with Gasteiger partial charge in [-0.1, -0.05) is 13.8 Å². The van der Waals surface area contributed by atoms with E-state index in [1.807, 2.05) is 13.8 Å². The molecule has 3 saturated carbocycles. The Labute approximate surface area is 114 Å². The molecule has 0 saturated heterocycles. The molecule has 2 bridgehead atoms. The van der Waals surface area contributed by atoms with Gasteiger partial charge in [0.05, 0.1) is 5.41 Å². The lowest BCUT2D eigenvalue weighted by atomic mass is 9.60. The molecule has 6 atom stereocenters. The van der Waals surface area contributed by atoms with Crippen molar-refractivity contribution in [2.24, 2.45) is 28.1 Å². The summed E-state index contributed by atoms with van der Waals surface area (Å²) in [6.45, 7) is 6.29. The first-order chi connectivity index (χ1) is 8.79. The Morgan fingerprint density at radius 1 is 1.16 bits per heavy atom. The zero-order valence-electron chi connectivity index (χ0n) is 12.0. The van der Waals surface area contributed by atoms with Crippen LogP contribution in [0.3, 0.4) is 0 Å². The molecule has 0 aromatic rings. The average Bonchev–Trinajstić information content (AvgIpc) is 2.77. The summed E-state index contributed by atoms with van der Waals surface area (Å²) in [5, 5.41) is 18.7. The summed E-state index contributed by atoms with van der Waals surface area (Å²) in [4.78, 5) is 17.4. The van der Waals surface area contributed by atoms with Crippen LogP contribution in [0.4, 0.5) is 0 Å². The normalized spacial score (nSPS) is 56.5. The maximum Gasteiger partial charge on any atom is 0.147 e. The van der Waals surface area contributed by atoms with E-state index in [-0.39, 0.29) is 23.9 Å². The van der Waals surface area contributed by atoms with Crippen molar-refractivity contribution in [3.63, 3.8) is 0 Å². The van der Waals surface area contributed by atoms with Crippen LogP contribution in [0.25, 0.3) is 0 Å². The molecule has 0 unspecified atom stereocenters. The highest BCUT2D eigenvalue weighted by Gasteiger charge is 2.68. The summed E-state index contributed by atoms with van der Waals surface area (Å²) in [6.07, 6.45) is 2.92. The van der Waals surface area contributed by atoms with Crippen LogP contribution < -0.4 is 0 Å². The number of hydrogen-bond acceptors (Lipinski definition) is 4. The lowest BCUT2D eigenvalue weighted by molar-refractivity contribution is -0.295. The molecular formula is C15H24O4. The first-order valence-electron chi connectivity index (χ1n) is 7.25. The zero-order valence-corrected chi connectivity index (χ0v) is 12.0.